The molecule has 1 aromatic carbocycles. The standard InChI is InChI=1S/C17H17NO6S/c1-22-12-6-5-11(8-13(12)23-2)9-16(20)24-10-15(19)18-17(21)14-4-3-7-25-14/h3-8H,9-10H2,1-2H3,(H,18,19,21). The Labute approximate surface area is 148 Å². The zero-order chi connectivity index (χ0) is 18.2. The van der Waals surface area contributed by atoms with Gasteiger partial charge in [0.25, 0.3) is 11.8 Å². The lowest BCUT2D eigenvalue weighted by molar-refractivity contribution is -0.147. The zero-order valence-electron chi connectivity index (χ0n) is 13.7. The molecule has 1 N–H and O–H groups in total. The molecule has 0 fully saturated rings. The quantitative estimate of drug-likeness (QED) is 0.755. The SMILES string of the molecule is COc1ccc(CC(=O)OCC(=O)NC(=O)c2cccs2)cc1OC. The molecule has 0 aliphatic rings. The smallest absolute Gasteiger partial charge is 0.310 e. The van der Waals surface area contributed by atoms with E-state index in [1.165, 1.54) is 25.6 Å². The van der Waals surface area contributed by atoms with Crippen LogP contribution in [0.1, 0.15) is 15.2 Å². The number of imide groups is 1. The Morgan fingerprint density at radius 2 is 1.84 bits per heavy atom. The maximum Gasteiger partial charge on any atom is 0.310 e. The number of methoxy groups -OCH3 is 2. The van der Waals surface area contributed by atoms with E-state index in [2.05, 4.69) is 5.32 Å². The third-order valence-corrected chi connectivity index (χ3v) is 4.03. The molecule has 0 unspecified atom stereocenters. The van der Waals surface area contributed by atoms with Gasteiger partial charge in [0.15, 0.2) is 18.1 Å². The van der Waals surface area contributed by atoms with Crippen molar-refractivity contribution in [3.8, 4) is 11.5 Å². The number of carbonyl (C=O) groups excluding carboxylic acids is 3. The van der Waals surface area contributed by atoms with Crippen molar-refractivity contribution in [2.75, 3.05) is 20.8 Å². The molecular formula is C17H17NO6S. The molecule has 0 saturated carbocycles. The Kier molecular flexibility index (Phi) is 6.53. The fraction of sp³-hybridized carbons (Fsp3) is 0.235. The number of hydrogen-bond acceptors (Lipinski definition) is 7. The van der Waals surface area contributed by atoms with E-state index in [9.17, 15) is 14.4 Å². The van der Waals surface area contributed by atoms with E-state index in [1.807, 2.05) is 0 Å². The van der Waals surface area contributed by atoms with E-state index in [0.717, 1.165) is 0 Å². The molecule has 0 aliphatic heterocycles. The average Bonchev–Trinajstić information content (AvgIpc) is 3.14. The number of rotatable bonds is 7. The van der Waals surface area contributed by atoms with E-state index in [4.69, 9.17) is 14.2 Å². The summed E-state index contributed by atoms with van der Waals surface area (Å²) in [5.41, 5.74) is 0.651. The molecule has 132 valence electrons. The second-order valence-corrected chi connectivity index (χ2v) is 5.83. The Morgan fingerprint density at radius 3 is 2.48 bits per heavy atom. The van der Waals surface area contributed by atoms with Crippen molar-refractivity contribution < 1.29 is 28.6 Å². The van der Waals surface area contributed by atoms with E-state index in [1.54, 1.807) is 35.7 Å². The predicted octanol–water partition coefficient (Wildman–Crippen LogP) is 1.81. The number of ether oxygens (including phenoxy) is 3. The van der Waals surface area contributed by atoms with Gasteiger partial charge in [-0.15, -0.1) is 11.3 Å². The van der Waals surface area contributed by atoms with Crippen LogP contribution in [-0.2, 0) is 20.7 Å². The summed E-state index contributed by atoms with van der Waals surface area (Å²) < 4.78 is 15.2. The number of nitrogens with one attached hydrogen (secondary N) is 1. The minimum Gasteiger partial charge on any atom is -0.493 e. The van der Waals surface area contributed by atoms with Crippen LogP contribution in [0, 0.1) is 0 Å². The Balaban J connectivity index is 1.82. The predicted molar refractivity (Wildman–Crippen MR) is 91.0 cm³/mol. The van der Waals surface area contributed by atoms with Gasteiger partial charge in [-0.05, 0) is 29.1 Å². The molecule has 2 amide bonds. The van der Waals surface area contributed by atoms with Crippen molar-refractivity contribution >= 4 is 29.1 Å². The summed E-state index contributed by atoms with van der Waals surface area (Å²) in [7, 11) is 3.01. The van der Waals surface area contributed by atoms with Crippen LogP contribution < -0.4 is 14.8 Å². The van der Waals surface area contributed by atoms with Gasteiger partial charge in [-0.1, -0.05) is 12.1 Å². The third kappa shape index (κ3) is 5.32. The second-order valence-electron chi connectivity index (χ2n) is 4.88. The molecule has 0 atom stereocenters. The molecule has 2 aromatic rings. The monoisotopic (exact) mass is 363 g/mol. The molecule has 0 saturated heterocycles. The van der Waals surface area contributed by atoms with E-state index >= 15 is 0 Å². The molecule has 2 rings (SSSR count). The molecule has 0 aliphatic carbocycles. The first-order valence-electron chi connectivity index (χ1n) is 7.27. The van der Waals surface area contributed by atoms with E-state index < -0.39 is 24.4 Å². The average molecular weight is 363 g/mol. The number of hydrogen-bond donors (Lipinski definition) is 1. The highest BCUT2D eigenvalue weighted by atomic mass is 32.1. The molecule has 0 bridgehead atoms. The van der Waals surface area contributed by atoms with Gasteiger partial charge in [0.2, 0.25) is 0 Å². The summed E-state index contributed by atoms with van der Waals surface area (Å²) in [5.74, 6) is -0.751. The van der Waals surface area contributed by atoms with Gasteiger partial charge in [0, 0.05) is 0 Å². The van der Waals surface area contributed by atoms with Gasteiger partial charge in [0.05, 0.1) is 25.5 Å². The van der Waals surface area contributed by atoms with E-state index in [0.29, 0.717) is 21.9 Å². The van der Waals surface area contributed by atoms with Gasteiger partial charge < -0.3 is 14.2 Å². The molecule has 25 heavy (non-hydrogen) atoms. The first kappa shape index (κ1) is 18.5. The maximum atomic E-state index is 11.8. The van der Waals surface area contributed by atoms with Crippen LogP contribution in [-0.4, -0.2) is 38.6 Å². The number of esters is 1. The molecule has 1 heterocycles. The van der Waals surface area contributed by atoms with Gasteiger partial charge in [-0.2, -0.15) is 0 Å². The van der Waals surface area contributed by atoms with Crippen LogP contribution in [0.5, 0.6) is 11.5 Å². The van der Waals surface area contributed by atoms with Gasteiger partial charge in [-0.3, -0.25) is 19.7 Å². The van der Waals surface area contributed by atoms with Crippen LogP contribution >= 0.6 is 11.3 Å². The Hall–Kier alpha value is -2.87. The first-order valence-corrected chi connectivity index (χ1v) is 8.15. The Morgan fingerprint density at radius 1 is 1.08 bits per heavy atom. The summed E-state index contributed by atoms with van der Waals surface area (Å²) in [6.07, 6.45) is -0.0352. The summed E-state index contributed by atoms with van der Waals surface area (Å²) in [6.45, 7) is -0.525. The van der Waals surface area contributed by atoms with Gasteiger partial charge in [-0.25, -0.2) is 0 Å². The lowest BCUT2D eigenvalue weighted by Crippen LogP contribution is -2.33. The Bertz CT molecular complexity index is 757. The number of benzene rings is 1. The van der Waals surface area contributed by atoms with Crippen molar-refractivity contribution in [3.05, 3.63) is 46.2 Å². The lowest BCUT2D eigenvalue weighted by Gasteiger charge is -2.09. The maximum absolute atomic E-state index is 11.8. The fourth-order valence-electron chi connectivity index (χ4n) is 1.99. The van der Waals surface area contributed by atoms with Crippen LogP contribution in [0.25, 0.3) is 0 Å². The largest absolute Gasteiger partial charge is 0.493 e. The van der Waals surface area contributed by atoms with E-state index in [-0.39, 0.29) is 6.42 Å². The topological polar surface area (TPSA) is 90.9 Å². The summed E-state index contributed by atoms with van der Waals surface area (Å²) in [4.78, 5) is 35.6. The molecule has 1 aromatic heterocycles. The van der Waals surface area contributed by atoms with Crippen LogP contribution in [0.15, 0.2) is 35.7 Å². The fourth-order valence-corrected chi connectivity index (χ4v) is 2.61. The highest BCUT2D eigenvalue weighted by molar-refractivity contribution is 7.12. The van der Waals surface area contributed by atoms with Crippen LogP contribution in [0.3, 0.4) is 0 Å². The zero-order valence-corrected chi connectivity index (χ0v) is 14.6. The number of amides is 2. The number of carbonyl (C=O) groups is 3. The second kappa shape index (κ2) is 8.84. The highest BCUT2D eigenvalue weighted by Gasteiger charge is 2.14. The van der Waals surface area contributed by atoms with Crippen LogP contribution in [0.2, 0.25) is 0 Å². The molecule has 7 nitrogen and oxygen atoms in total. The normalized spacial score (nSPS) is 10.0. The summed E-state index contributed by atoms with van der Waals surface area (Å²) in [6, 6.07) is 8.32. The van der Waals surface area contributed by atoms with Gasteiger partial charge >= 0.3 is 5.97 Å². The summed E-state index contributed by atoms with van der Waals surface area (Å²) >= 11 is 1.21. The van der Waals surface area contributed by atoms with Gasteiger partial charge in [0.1, 0.15) is 0 Å². The van der Waals surface area contributed by atoms with Crippen LogP contribution in [0.4, 0.5) is 0 Å². The molecular weight excluding hydrogens is 346 g/mol. The minimum absolute atomic E-state index is 0.0352. The third-order valence-electron chi connectivity index (χ3n) is 3.16. The van der Waals surface area contributed by atoms with Crippen molar-refractivity contribution in [2.45, 2.75) is 6.42 Å². The van der Waals surface area contributed by atoms with Crippen molar-refractivity contribution in [3.63, 3.8) is 0 Å². The number of thiophene rings is 1. The summed E-state index contributed by atoms with van der Waals surface area (Å²) in [5, 5.41) is 3.88. The lowest BCUT2D eigenvalue weighted by atomic mass is 10.1. The molecule has 0 spiro atoms. The first-order chi connectivity index (χ1) is 12.0. The molecule has 0 radical (unpaired) electrons. The van der Waals surface area contributed by atoms with Crippen molar-refractivity contribution in [1.82, 2.24) is 5.32 Å². The minimum atomic E-state index is -0.681. The molecule has 8 heteroatoms. The van der Waals surface area contributed by atoms with Crippen molar-refractivity contribution in [2.24, 2.45) is 0 Å². The highest BCUT2D eigenvalue weighted by Crippen LogP contribution is 2.27. The van der Waals surface area contributed by atoms with Crippen molar-refractivity contribution in [1.29, 1.82) is 0 Å².